The number of hydrogen-bond acceptors (Lipinski definition) is 4. The number of amides is 1. The van der Waals surface area contributed by atoms with Gasteiger partial charge in [-0.15, -0.1) is 0 Å². The van der Waals surface area contributed by atoms with E-state index in [2.05, 4.69) is 16.4 Å². The summed E-state index contributed by atoms with van der Waals surface area (Å²) in [4.78, 5) is 16.7. The van der Waals surface area contributed by atoms with Gasteiger partial charge in [-0.3, -0.25) is 4.79 Å². The molecule has 2 aromatic heterocycles. The summed E-state index contributed by atoms with van der Waals surface area (Å²) in [5.74, 6) is 0.406. The van der Waals surface area contributed by atoms with Gasteiger partial charge in [0.15, 0.2) is 0 Å². The Balaban J connectivity index is 1.85. The smallest absolute Gasteiger partial charge is 0.240 e. The minimum Gasteiger partial charge on any atom is -0.383 e. The first-order valence-corrected chi connectivity index (χ1v) is 8.07. The van der Waals surface area contributed by atoms with E-state index in [0.29, 0.717) is 19.1 Å². The number of pyridine rings is 1. The predicted octanol–water partition coefficient (Wildman–Crippen LogP) is 1.69. The maximum atomic E-state index is 12.2. The average Bonchev–Trinajstić information content (AvgIpc) is 2.95. The van der Waals surface area contributed by atoms with Crippen LogP contribution < -0.4 is 5.32 Å². The lowest BCUT2D eigenvalue weighted by molar-refractivity contribution is -0.121. The van der Waals surface area contributed by atoms with E-state index in [-0.39, 0.29) is 12.5 Å². The molecule has 0 aliphatic carbocycles. The van der Waals surface area contributed by atoms with Gasteiger partial charge in [0.2, 0.25) is 5.91 Å². The number of methoxy groups -OCH3 is 1. The topological polar surface area (TPSA) is 65.4 Å². The van der Waals surface area contributed by atoms with Gasteiger partial charge in [-0.25, -0.2) is 4.98 Å². The molecule has 23 heavy (non-hydrogen) atoms. The SMILES string of the molecule is COCCNC(=O)Cn1c(C2CCOCC2)cc2cccnc21. The molecule has 1 saturated heterocycles. The summed E-state index contributed by atoms with van der Waals surface area (Å²) in [6, 6.07) is 6.14. The van der Waals surface area contributed by atoms with E-state index in [1.54, 1.807) is 13.3 Å². The molecule has 1 N–H and O–H groups in total. The first-order chi connectivity index (χ1) is 11.3. The second kappa shape index (κ2) is 7.57. The van der Waals surface area contributed by atoms with Crippen molar-refractivity contribution in [3.63, 3.8) is 0 Å². The van der Waals surface area contributed by atoms with Gasteiger partial charge in [-0.1, -0.05) is 0 Å². The summed E-state index contributed by atoms with van der Waals surface area (Å²) in [6.45, 7) is 2.88. The molecular formula is C17H23N3O3. The molecule has 6 heteroatoms. The Hall–Kier alpha value is -1.92. The largest absolute Gasteiger partial charge is 0.383 e. The standard InChI is InChI=1S/C17H23N3O3/c1-22-10-7-18-16(21)12-20-15(13-4-8-23-9-5-13)11-14-3-2-6-19-17(14)20/h2-3,6,11,13H,4-5,7-10,12H2,1H3,(H,18,21). The van der Waals surface area contributed by atoms with Gasteiger partial charge >= 0.3 is 0 Å². The fraction of sp³-hybridized carbons (Fsp3) is 0.529. The van der Waals surface area contributed by atoms with Crippen LogP contribution >= 0.6 is 0 Å². The predicted molar refractivity (Wildman–Crippen MR) is 87.4 cm³/mol. The number of carbonyl (C=O) groups is 1. The number of ether oxygens (including phenoxy) is 2. The molecule has 3 heterocycles. The molecule has 3 rings (SSSR count). The molecule has 0 aromatic carbocycles. The summed E-state index contributed by atoms with van der Waals surface area (Å²) in [7, 11) is 1.62. The molecule has 0 bridgehead atoms. The van der Waals surface area contributed by atoms with Crippen LogP contribution in [0.25, 0.3) is 11.0 Å². The maximum absolute atomic E-state index is 12.2. The molecule has 0 radical (unpaired) electrons. The third kappa shape index (κ3) is 3.71. The van der Waals surface area contributed by atoms with Crippen molar-refractivity contribution >= 4 is 16.9 Å². The fourth-order valence-electron chi connectivity index (χ4n) is 3.10. The summed E-state index contributed by atoms with van der Waals surface area (Å²) in [6.07, 6.45) is 3.75. The molecule has 1 aliphatic heterocycles. The highest BCUT2D eigenvalue weighted by molar-refractivity contribution is 5.82. The van der Waals surface area contributed by atoms with Gasteiger partial charge in [-0.2, -0.15) is 0 Å². The van der Waals surface area contributed by atoms with Gasteiger partial charge in [-0.05, 0) is 31.0 Å². The highest BCUT2D eigenvalue weighted by atomic mass is 16.5. The Labute approximate surface area is 135 Å². The van der Waals surface area contributed by atoms with Crippen molar-refractivity contribution in [1.82, 2.24) is 14.9 Å². The van der Waals surface area contributed by atoms with Crippen LogP contribution in [0, 0.1) is 0 Å². The van der Waals surface area contributed by atoms with E-state index < -0.39 is 0 Å². The van der Waals surface area contributed by atoms with Crippen LogP contribution in [0.15, 0.2) is 24.4 Å². The van der Waals surface area contributed by atoms with Gasteiger partial charge in [0, 0.05) is 50.1 Å². The molecule has 1 amide bonds. The maximum Gasteiger partial charge on any atom is 0.240 e. The molecule has 124 valence electrons. The first-order valence-electron chi connectivity index (χ1n) is 8.07. The zero-order valence-corrected chi connectivity index (χ0v) is 13.5. The number of nitrogens with one attached hydrogen (secondary N) is 1. The van der Waals surface area contributed by atoms with Crippen LogP contribution in [0.2, 0.25) is 0 Å². The molecule has 0 unspecified atom stereocenters. The Morgan fingerprint density at radius 1 is 1.48 bits per heavy atom. The normalized spacial score (nSPS) is 15.9. The summed E-state index contributed by atoms with van der Waals surface area (Å²) in [5, 5.41) is 3.96. The second-order valence-corrected chi connectivity index (χ2v) is 5.80. The highest BCUT2D eigenvalue weighted by Crippen LogP contribution is 2.31. The lowest BCUT2D eigenvalue weighted by Crippen LogP contribution is -2.31. The zero-order valence-electron chi connectivity index (χ0n) is 13.5. The Morgan fingerprint density at radius 2 is 2.30 bits per heavy atom. The molecule has 0 saturated carbocycles. The summed E-state index contributed by atoms with van der Waals surface area (Å²) in [5.41, 5.74) is 2.06. The summed E-state index contributed by atoms with van der Waals surface area (Å²) >= 11 is 0. The number of aromatic nitrogens is 2. The highest BCUT2D eigenvalue weighted by Gasteiger charge is 2.22. The molecule has 2 aromatic rings. The van der Waals surface area contributed by atoms with Crippen molar-refractivity contribution in [3.05, 3.63) is 30.1 Å². The van der Waals surface area contributed by atoms with Crippen LogP contribution in [-0.2, 0) is 20.8 Å². The monoisotopic (exact) mass is 317 g/mol. The van der Waals surface area contributed by atoms with Crippen LogP contribution in [0.4, 0.5) is 0 Å². The lowest BCUT2D eigenvalue weighted by Gasteiger charge is -2.23. The van der Waals surface area contributed by atoms with Crippen LogP contribution in [-0.4, -0.2) is 48.9 Å². The number of carbonyl (C=O) groups excluding carboxylic acids is 1. The van der Waals surface area contributed by atoms with E-state index in [1.165, 1.54) is 5.69 Å². The van der Waals surface area contributed by atoms with Gasteiger partial charge in [0.1, 0.15) is 12.2 Å². The van der Waals surface area contributed by atoms with E-state index >= 15 is 0 Å². The molecular weight excluding hydrogens is 294 g/mol. The molecule has 0 spiro atoms. The zero-order chi connectivity index (χ0) is 16.1. The molecule has 1 fully saturated rings. The van der Waals surface area contributed by atoms with Crippen molar-refractivity contribution in [3.8, 4) is 0 Å². The number of fused-ring (bicyclic) bond motifs is 1. The van der Waals surface area contributed by atoms with E-state index in [4.69, 9.17) is 9.47 Å². The van der Waals surface area contributed by atoms with Crippen molar-refractivity contribution in [2.75, 3.05) is 33.5 Å². The van der Waals surface area contributed by atoms with Gasteiger partial charge in [0.25, 0.3) is 0 Å². The Bertz CT molecular complexity index is 662. The number of nitrogens with zero attached hydrogens (tertiary/aromatic N) is 2. The quantitative estimate of drug-likeness (QED) is 0.824. The van der Waals surface area contributed by atoms with Crippen LogP contribution in [0.5, 0.6) is 0 Å². The third-order valence-electron chi connectivity index (χ3n) is 4.26. The fourth-order valence-corrected chi connectivity index (χ4v) is 3.10. The van der Waals surface area contributed by atoms with Crippen molar-refractivity contribution in [1.29, 1.82) is 0 Å². The van der Waals surface area contributed by atoms with E-state index in [9.17, 15) is 4.79 Å². The molecule has 1 aliphatic rings. The Kier molecular flexibility index (Phi) is 5.25. The minimum atomic E-state index is -0.0153. The second-order valence-electron chi connectivity index (χ2n) is 5.80. The minimum absolute atomic E-state index is 0.0153. The van der Waals surface area contributed by atoms with Crippen molar-refractivity contribution < 1.29 is 14.3 Å². The third-order valence-corrected chi connectivity index (χ3v) is 4.26. The lowest BCUT2D eigenvalue weighted by atomic mass is 9.96. The number of rotatable bonds is 6. The van der Waals surface area contributed by atoms with Gasteiger partial charge < -0.3 is 19.4 Å². The molecule has 6 nitrogen and oxygen atoms in total. The molecule has 0 atom stereocenters. The van der Waals surface area contributed by atoms with Gasteiger partial charge in [0.05, 0.1) is 6.61 Å². The van der Waals surface area contributed by atoms with E-state index in [0.717, 1.165) is 37.1 Å². The number of hydrogen-bond donors (Lipinski definition) is 1. The Morgan fingerprint density at radius 3 is 3.09 bits per heavy atom. The van der Waals surface area contributed by atoms with Crippen molar-refractivity contribution in [2.45, 2.75) is 25.3 Å². The van der Waals surface area contributed by atoms with Crippen molar-refractivity contribution in [2.24, 2.45) is 0 Å². The average molecular weight is 317 g/mol. The van der Waals surface area contributed by atoms with Crippen LogP contribution in [0.1, 0.15) is 24.5 Å². The first kappa shape index (κ1) is 16.0. The van der Waals surface area contributed by atoms with E-state index in [1.807, 2.05) is 16.7 Å². The van der Waals surface area contributed by atoms with Crippen LogP contribution in [0.3, 0.4) is 0 Å². The summed E-state index contributed by atoms with van der Waals surface area (Å²) < 4.78 is 12.5.